The first-order valence-corrected chi connectivity index (χ1v) is 12.8. The van der Waals surface area contributed by atoms with Crippen molar-refractivity contribution in [3.8, 4) is 5.69 Å². The van der Waals surface area contributed by atoms with Crippen LogP contribution in [-0.2, 0) is 6.54 Å². The van der Waals surface area contributed by atoms with Gasteiger partial charge in [0.15, 0.2) is 0 Å². The van der Waals surface area contributed by atoms with Crippen molar-refractivity contribution in [2.75, 3.05) is 0 Å². The Hall–Kier alpha value is -3.52. The highest BCUT2D eigenvalue weighted by atomic mass is 15.0. The van der Waals surface area contributed by atoms with Gasteiger partial charge in [-0.1, -0.05) is 99.8 Å². The summed E-state index contributed by atoms with van der Waals surface area (Å²) in [4.78, 5) is 0. The van der Waals surface area contributed by atoms with Crippen molar-refractivity contribution in [3.05, 3.63) is 91.0 Å². The first kappa shape index (κ1) is 21.0. The minimum atomic E-state index is 0.685. The molecule has 34 heavy (non-hydrogen) atoms. The average Bonchev–Trinajstić information content (AvgIpc) is 3.40. The van der Waals surface area contributed by atoms with Crippen molar-refractivity contribution in [1.82, 2.24) is 9.13 Å². The zero-order valence-electron chi connectivity index (χ0n) is 20.2. The maximum Gasteiger partial charge on any atom is 0.0736 e. The third-order valence-electron chi connectivity index (χ3n) is 7.57. The van der Waals surface area contributed by atoms with Crippen LogP contribution in [0.3, 0.4) is 0 Å². The summed E-state index contributed by atoms with van der Waals surface area (Å²) in [5, 5.41) is 5.32. The van der Waals surface area contributed by atoms with Crippen molar-refractivity contribution in [1.29, 1.82) is 0 Å². The Balaban J connectivity index is 1.69. The molecule has 0 bridgehead atoms. The fourth-order valence-electron chi connectivity index (χ4n) is 5.82. The number of unbranched alkanes of at least 4 members (excludes halogenated alkanes) is 1. The van der Waals surface area contributed by atoms with E-state index in [1.165, 1.54) is 75.0 Å². The molecule has 0 N–H and O–H groups in total. The lowest BCUT2D eigenvalue weighted by Crippen LogP contribution is -2.11. The number of aromatic nitrogens is 2. The molecule has 0 fully saturated rings. The minimum Gasteiger partial charge on any atom is -0.338 e. The quantitative estimate of drug-likeness (QED) is 0.232. The number of nitrogens with zero attached hydrogens (tertiary/aromatic N) is 2. The van der Waals surface area contributed by atoms with Crippen LogP contribution in [0.25, 0.3) is 49.3 Å². The van der Waals surface area contributed by atoms with E-state index in [0.717, 1.165) is 6.54 Å². The fraction of sp³-hybridized carbons (Fsp3) is 0.250. The number of para-hydroxylation sites is 4. The predicted octanol–water partition coefficient (Wildman–Crippen LogP) is 9.11. The molecule has 2 nitrogen and oxygen atoms in total. The Morgan fingerprint density at radius 1 is 0.618 bits per heavy atom. The van der Waals surface area contributed by atoms with Gasteiger partial charge >= 0.3 is 0 Å². The molecule has 2 aromatic heterocycles. The highest BCUT2D eigenvalue weighted by Crippen LogP contribution is 2.38. The van der Waals surface area contributed by atoms with Crippen molar-refractivity contribution < 1.29 is 0 Å². The summed E-state index contributed by atoms with van der Waals surface area (Å²) >= 11 is 0. The lowest BCUT2D eigenvalue weighted by molar-refractivity contribution is 0.401. The second-order valence-electron chi connectivity index (χ2n) is 9.59. The van der Waals surface area contributed by atoms with Gasteiger partial charge < -0.3 is 9.13 Å². The Morgan fingerprint density at radius 2 is 1.18 bits per heavy atom. The number of hydrogen-bond acceptors (Lipinski definition) is 0. The van der Waals surface area contributed by atoms with E-state index in [-0.39, 0.29) is 0 Å². The molecule has 0 aliphatic heterocycles. The summed E-state index contributed by atoms with van der Waals surface area (Å²) in [6.07, 6.45) is 5.07. The topological polar surface area (TPSA) is 9.86 Å². The van der Waals surface area contributed by atoms with E-state index in [1.807, 2.05) is 0 Å². The van der Waals surface area contributed by atoms with Crippen molar-refractivity contribution in [2.24, 2.45) is 5.92 Å². The van der Waals surface area contributed by atoms with Crippen LogP contribution in [-0.4, -0.2) is 9.13 Å². The molecule has 0 radical (unpaired) electrons. The van der Waals surface area contributed by atoms with Crippen LogP contribution in [0.15, 0.2) is 91.0 Å². The van der Waals surface area contributed by atoms with Crippen molar-refractivity contribution in [3.63, 3.8) is 0 Å². The highest BCUT2D eigenvalue weighted by Gasteiger charge is 2.20. The summed E-state index contributed by atoms with van der Waals surface area (Å²) in [5.41, 5.74) is 6.51. The molecule has 0 saturated carbocycles. The fourth-order valence-corrected chi connectivity index (χ4v) is 5.82. The number of benzene rings is 4. The van der Waals surface area contributed by atoms with Crippen LogP contribution in [0.2, 0.25) is 0 Å². The molecule has 0 amide bonds. The second kappa shape index (κ2) is 8.68. The summed E-state index contributed by atoms with van der Waals surface area (Å²) in [5.74, 6) is 0.685. The second-order valence-corrected chi connectivity index (χ2v) is 9.59. The van der Waals surface area contributed by atoms with Gasteiger partial charge in [-0.25, -0.2) is 0 Å². The Labute approximate surface area is 201 Å². The van der Waals surface area contributed by atoms with E-state index >= 15 is 0 Å². The summed E-state index contributed by atoms with van der Waals surface area (Å²) in [7, 11) is 0. The van der Waals surface area contributed by atoms with Gasteiger partial charge in [0.25, 0.3) is 0 Å². The third kappa shape index (κ3) is 3.24. The van der Waals surface area contributed by atoms with Crippen LogP contribution in [0.5, 0.6) is 0 Å². The smallest absolute Gasteiger partial charge is 0.0736 e. The van der Waals surface area contributed by atoms with Gasteiger partial charge in [-0.3, -0.25) is 0 Å². The first-order valence-electron chi connectivity index (χ1n) is 12.8. The maximum absolute atomic E-state index is 2.62. The predicted molar refractivity (Wildman–Crippen MR) is 147 cm³/mol. The summed E-state index contributed by atoms with van der Waals surface area (Å²) in [6, 6.07) is 33.4. The number of rotatable bonds is 7. The van der Waals surface area contributed by atoms with Gasteiger partial charge in [-0.2, -0.15) is 0 Å². The minimum absolute atomic E-state index is 0.685. The van der Waals surface area contributed by atoms with E-state index < -0.39 is 0 Å². The molecule has 1 atom stereocenters. The van der Waals surface area contributed by atoms with Crippen LogP contribution in [0, 0.1) is 5.92 Å². The molecule has 0 aliphatic rings. The van der Waals surface area contributed by atoms with Crippen LogP contribution >= 0.6 is 0 Å². The van der Waals surface area contributed by atoms with Gasteiger partial charge in [-0.15, -0.1) is 0 Å². The monoisotopic (exact) mass is 444 g/mol. The third-order valence-corrected chi connectivity index (χ3v) is 7.57. The van der Waals surface area contributed by atoms with Gasteiger partial charge in [0, 0.05) is 33.6 Å². The first-order chi connectivity index (χ1) is 16.8. The highest BCUT2D eigenvalue weighted by molar-refractivity contribution is 6.14. The molecule has 0 saturated heterocycles. The van der Waals surface area contributed by atoms with Crippen LogP contribution in [0.1, 0.15) is 39.5 Å². The zero-order chi connectivity index (χ0) is 23.1. The van der Waals surface area contributed by atoms with Gasteiger partial charge in [0.2, 0.25) is 0 Å². The molecule has 1 unspecified atom stereocenters. The van der Waals surface area contributed by atoms with Gasteiger partial charge in [0.05, 0.1) is 22.2 Å². The molecule has 6 aromatic rings. The van der Waals surface area contributed by atoms with E-state index in [2.05, 4.69) is 114 Å². The van der Waals surface area contributed by atoms with Crippen molar-refractivity contribution in [2.45, 2.75) is 46.1 Å². The molecule has 2 heterocycles. The number of fused-ring (bicyclic) bond motifs is 6. The Morgan fingerprint density at radius 3 is 1.79 bits per heavy atom. The van der Waals surface area contributed by atoms with E-state index in [9.17, 15) is 0 Å². The van der Waals surface area contributed by atoms with Crippen molar-refractivity contribution >= 4 is 43.6 Å². The normalized spacial score (nSPS) is 12.9. The molecule has 170 valence electrons. The van der Waals surface area contributed by atoms with Gasteiger partial charge in [-0.05, 0) is 36.6 Å². The SMILES string of the molecule is CCCCC(CC)Cn1c2ccccc2c2cccc(-n3c4ccccc4c4ccccc43)c21. The van der Waals surface area contributed by atoms with E-state index in [1.54, 1.807) is 0 Å². The van der Waals surface area contributed by atoms with Gasteiger partial charge in [0.1, 0.15) is 0 Å². The average molecular weight is 445 g/mol. The lowest BCUT2D eigenvalue weighted by Gasteiger charge is -2.19. The standard InChI is InChI=1S/C32H32N2/c1-3-5-13-23(4-2)22-33-28-18-9-6-16-26(28)27-17-12-21-31(32(27)33)34-29-19-10-7-14-24(29)25-15-8-11-20-30(25)34/h6-12,14-21,23H,3-5,13,22H2,1-2H3. The van der Waals surface area contributed by atoms with E-state index in [0.29, 0.717) is 5.92 Å². The number of hydrogen-bond donors (Lipinski definition) is 0. The molecule has 4 aromatic carbocycles. The van der Waals surface area contributed by atoms with Crippen LogP contribution < -0.4 is 0 Å². The largest absolute Gasteiger partial charge is 0.338 e. The molecule has 2 heteroatoms. The Bertz CT molecular complexity index is 1560. The van der Waals surface area contributed by atoms with Crippen LogP contribution in [0.4, 0.5) is 0 Å². The van der Waals surface area contributed by atoms with E-state index in [4.69, 9.17) is 0 Å². The molecular formula is C32H32N2. The maximum atomic E-state index is 2.62. The molecule has 0 aliphatic carbocycles. The molecular weight excluding hydrogens is 412 g/mol. The summed E-state index contributed by atoms with van der Waals surface area (Å²) in [6.45, 7) is 5.71. The molecule has 0 spiro atoms. The lowest BCUT2D eigenvalue weighted by atomic mass is 9.99. The molecule has 6 rings (SSSR count). The summed E-state index contributed by atoms with van der Waals surface area (Å²) < 4.78 is 5.10. The zero-order valence-corrected chi connectivity index (χ0v) is 20.2. The Kier molecular flexibility index (Phi) is 5.37.